The molecule has 0 heterocycles. The highest BCUT2D eigenvalue weighted by molar-refractivity contribution is 7.46. The summed E-state index contributed by atoms with van der Waals surface area (Å²) in [6, 6.07) is 13.8. The Morgan fingerprint density at radius 2 is 1.70 bits per heavy atom. The van der Waals surface area contributed by atoms with Gasteiger partial charge >= 0.3 is 7.82 Å². The van der Waals surface area contributed by atoms with E-state index in [9.17, 15) is 9.67 Å². The van der Waals surface area contributed by atoms with Crippen LogP contribution in [0.15, 0.2) is 42.5 Å². The molecular weight excluding hydrogens is 445 g/mol. The molecule has 0 bridgehead atoms. The van der Waals surface area contributed by atoms with Gasteiger partial charge in [-0.3, -0.25) is 4.52 Å². The molecule has 8 nitrogen and oxygen atoms in total. The fourth-order valence-electron chi connectivity index (χ4n) is 3.34. The largest absolute Gasteiger partial charge is 0.493 e. The SMILES string of the molecule is CCCCCCOc1ccc(-c2ccc(CCC(N)(CO)COP(=O)(O)O)cc2)cc1OC. The Morgan fingerprint density at radius 3 is 2.30 bits per heavy atom. The predicted molar refractivity (Wildman–Crippen MR) is 128 cm³/mol. The second kappa shape index (κ2) is 13.1. The summed E-state index contributed by atoms with van der Waals surface area (Å²) in [5, 5.41) is 9.54. The maximum Gasteiger partial charge on any atom is 0.469 e. The maximum atomic E-state index is 10.9. The number of methoxy groups -OCH3 is 1. The van der Waals surface area contributed by atoms with E-state index in [1.165, 1.54) is 12.8 Å². The lowest BCUT2D eigenvalue weighted by Crippen LogP contribution is -2.48. The highest BCUT2D eigenvalue weighted by Crippen LogP contribution is 2.37. The van der Waals surface area contributed by atoms with Crippen LogP contribution in [0.3, 0.4) is 0 Å². The highest BCUT2D eigenvalue weighted by Gasteiger charge is 2.28. The molecule has 9 heteroatoms. The molecule has 0 aliphatic carbocycles. The third-order valence-corrected chi connectivity index (χ3v) is 5.92. The zero-order chi connectivity index (χ0) is 24.3. The van der Waals surface area contributed by atoms with Crippen molar-refractivity contribution in [3.63, 3.8) is 0 Å². The van der Waals surface area contributed by atoms with Gasteiger partial charge in [0, 0.05) is 0 Å². The summed E-state index contributed by atoms with van der Waals surface area (Å²) in [5.74, 6) is 1.42. The van der Waals surface area contributed by atoms with Crippen molar-refractivity contribution in [2.75, 3.05) is 26.9 Å². The van der Waals surface area contributed by atoms with Crippen LogP contribution < -0.4 is 15.2 Å². The first kappa shape index (κ1) is 27.3. The third kappa shape index (κ3) is 9.45. The van der Waals surface area contributed by atoms with Gasteiger partial charge in [-0.15, -0.1) is 0 Å². The predicted octanol–water partition coefficient (Wildman–Crippen LogP) is 4.05. The molecule has 0 fully saturated rings. The van der Waals surface area contributed by atoms with Gasteiger partial charge in [0.05, 0.1) is 32.5 Å². The van der Waals surface area contributed by atoms with E-state index in [-0.39, 0.29) is 0 Å². The van der Waals surface area contributed by atoms with Crippen molar-refractivity contribution in [3.8, 4) is 22.6 Å². The monoisotopic (exact) mass is 481 g/mol. The number of benzene rings is 2. The fourth-order valence-corrected chi connectivity index (χ4v) is 3.77. The molecule has 2 aromatic rings. The van der Waals surface area contributed by atoms with E-state index in [4.69, 9.17) is 25.0 Å². The summed E-state index contributed by atoms with van der Waals surface area (Å²) in [6.07, 6.45) is 5.41. The first-order valence-electron chi connectivity index (χ1n) is 11.2. The smallest absolute Gasteiger partial charge is 0.469 e. The number of aryl methyl sites for hydroxylation is 1. The number of unbranched alkanes of at least 4 members (excludes halogenated alkanes) is 3. The standard InChI is InChI=1S/C24H36NO7P/c1-3-4-5-6-15-31-22-12-11-21(16-23(22)30-2)20-9-7-19(8-10-20)13-14-24(25,17-26)18-32-33(27,28)29/h7-12,16,26H,3-6,13-15,17-18,25H2,1-2H3,(H2,27,28,29). The molecule has 0 aliphatic rings. The fraction of sp³-hybridized carbons (Fsp3) is 0.500. The number of aliphatic hydroxyl groups excluding tert-OH is 1. The molecule has 33 heavy (non-hydrogen) atoms. The first-order valence-corrected chi connectivity index (χ1v) is 12.7. The van der Waals surface area contributed by atoms with Crippen LogP contribution in [-0.2, 0) is 15.5 Å². The zero-order valence-corrected chi connectivity index (χ0v) is 20.3. The Balaban J connectivity index is 1.99. The molecule has 1 unspecified atom stereocenters. The van der Waals surface area contributed by atoms with Crippen LogP contribution in [0.4, 0.5) is 0 Å². The number of ether oxygens (including phenoxy) is 2. The van der Waals surface area contributed by atoms with Crippen LogP contribution >= 0.6 is 7.82 Å². The van der Waals surface area contributed by atoms with Gasteiger partial charge in [0.2, 0.25) is 0 Å². The quantitative estimate of drug-likeness (QED) is 0.221. The Morgan fingerprint density at radius 1 is 1.00 bits per heavy atom. The summed E-state index contributed by atoms with van der Waals surface area (Å²) in [7, 11) is -3.02. The number of hydrogen-bond acceptors (Lipinski definition) is 6. The average molecular weight is 482 g/mol. The van der Waals surface area contributed by atoms with E-state index in [0.717, 1.165) is 35.3 Å². The van der Waals surface area contributed by atoms with E-state index < -0.39 is 26.6 Å². The van der Waals surface area contributed by atoms with E-state index >= 15 is 0 Å². The normalized spacial score (nSPS) is 13.5. The Hall–Kier alpha value is -1.93. The van der Waals surface area contributed by atoms with Crippen molar-refractivity contribution in [2.45, 2.75) is 51.0 Å². The molecule has 1 atom stereocenters. The Kier molecular flexibility index (Phi) is 10.8. The van der Waals surface area contributed by atoms with Crippen molar-refractivity contribution >= 4 is 7.82 Å². The van der Waals surface area contributed by atoms with E-state index in [1.807, 2.05) is 42.5 Å². The molecule has 2 rings (SSSR count). The van der Waals surface area contributed by atoms with E-state index in [1.54, 1.807) is 7.11 Å². The second-order valence-corrected chi connectivity index (χ2v) is 9.50. The number of aliphatic hydroxyl groups is 1. The lowest BCUT2D eigenvalue weighted by molar-refractivity contribution is 0.102. The molecule has 0 aromatic heterocycles. The molecule has 184 valence electrons. The third-order valence-electron chi connectivity index (χ3n) is 5.45. The van der Waals surface area contributed by atoms with E-state index in [2.05, 4.69) is 11.4 Å². The zero-order valence-electron chi connectivity index (χ0n) is 19.4. The first-order chi connectivity index (χ1) is 15.7. The molecule has 0 amide bonds. The van der Waals surface area contributed by atoms with Crippen LogP contribution in [0.1, 0.15) is 44.6 Å². The van der Waals surface area contributed by atoms with Crippen LogP contribution in [0.25, 0.3) is 11.1 Å². The molecule has 2 aromatic carbocycles. The second-order valence-electron chi connectivity index (χ2n) is 8.26. The summed E-state index contributed by atoms with van der Waals surface area (Å²) in [6.45, 7) is 1.97. The number of phosphoric ester groups is 1. The minimum atomic E-state index is -4.64. The molecule has 0 aliphatic heterocycles. The maximum absolute atomic E-state index is 10.9. The van der Waals surface area contributed by atoms with Crippen molar-refractivity contribution in [3.05, 3.63) is 48.0 Å². The highest BCUT2D eigenvalue weighted by atomic mass is 31.2. The molecule has 0 spiro atoms. The Bertz CT molecular complexity index is 900. The number of nitrogens with two attached hydrogens (primary N) is 1. The van der Waals surface area contributed by atoms with Gasteiger partial charge in [-0.25, -0.2) is 4.57 Å². The lowest BCUT2D eigenvalue weighted by atomic mass is 9.93. The lowest BCUT2D eigenvalue weighted by Gasteiger charge is -2.27. The van der Waals surface area contributed by atoms with Crippen molar-refractivity contribution < 1.29 is 33.5 Å². The minimum absolute atomic E-state index is 0.307. The van der Waals surface area contributed by atoms with E-state index in [0.29, 0.717) is 25.2 Å². The number of rotatable bonds is 15. The van der Waals surface area contributed by atoms with Gasteiger partial charge in [0.15, 0.2) is 11.5 Å². The van der Waals surface area contributed by atoms with Crippen molar-refractivity contribution in [2.24, 2.45) is 5.73 Å². The van der Waals surface area contributed by atoms with Crippen LogP contribution in [0.5, 0.6) is 11.5 Å². The van der Waals surface area contributed by atoms with Gasteiger partial charge < -0.3 is 30.1 Å². The van der Waals surface area contributed by atoms with Crippen LogP contribution in [0.2, 0.25) is 0 Å². The molecule has 0 saturated heterocycles. The summed E-state index contributed by atoms with van der Waals surface area (Å²) in [4.78, 5) is 17.7. The van der Waals surface area contributed by atoms with Crippen LogP contribution in [-0.4, -0.2) is 47.4 Å². The Labute approximate surface area is 195 Å². The summed E-state index contributed by atoms with van der Waals surface area (Å²) in [5.41, 5.74) is 7.79. The number of hydrogen-bond donors (Lipinski definition) is 4. The van der Waals surface area contributed by atoms with Gasteiger partial charge in [-0.2, -0.15) is 0 Å². The van der Waals surface area contributed by atoms with Gasteiger partial charge in [0.25, 0.3) is 0 Å². The molecule has 0 radical (unpaired) electrons. The van der Waals surface area contributed by atoms with Gasteiger partial charge in [0.1, 0.15) is 0 Å². The van der Waals surface area contributed by atoms with Gasteiger partial charge in [-0.05, 0) is 48.1 Å². The molecular formula is C24H36NO7P. The van der Waals surface area contributed by atoms with Crippen molar-refractivity contribution in [1.82, 2.24) is 0 Å². The summed E-state index contributed by atoms with van der Waals surface area (Å²) < 4.78 is 26.8. The number of phosphoric acid groups is 1. The summed E-state index contributed by atoms with van der Waals surface area (Å²) >= 11 is 0. The van der Waals surface area contributed by atoms with Crippen molar-refractivity contribution in [1.29, 1.82) is 0 Å². The van der Waals surface area contributed by atoms with Gasteiger partial charge in [-0.1, -0.05) is 56.5 Å². The molecule has 0 saturated carbocycles. The minimum Gasteiger partial charge on any atom is -0.493 e. The topological polar surface area (TPSA) is 131 Å². The van der Waals surface area contributed by atoms with Crippen LogP contribution in [0, 0.1) is 0 Å². The molecule has 5 N–H and O–H groups in total. The average Bonchev–Trinajstić information content (AvgIpc) is 2.81.